The van der Waals surface area contributed by atoms with Crippen LogP contribution >= 0.6 is 0 Å². The first kappa shape index (κ1) is 40.7. The van der Waals surface area contributed by atoms with Crippen molar-refractivity contribution in [3.63, 3.8) is 0 Å². The average molecular weight is 593 g/mol. The van der Waals surface area contributed by atoms with E-state index < -0.39 is 60.0 Å². The van der Waals surface area contributed by atoms with Crippen molar-refractivity contribution >= 4 is 29.5 Å². The molecule has 3 atom stereocenters. The van der Waals surface area contributed by atoms with E-state index in [1.807, 2.05) is 0 Å². The molecule has 0 bridgehead atoms. The van der Waals surface area contributed by atoms with Crippen molar-refractivity contribution in [3.8, 4) is 0 Å². The van der Waals surface area contributed by atoms with Crippen LogP contribution in [0.15, 0.2) is 0 Å². The van der Waals surface area contributed by atoms with Crippen molar-refractivity contribution in [2.75, 3.05) is 13.2 Å². The lowest BCUT2D eigenvalue weighted by atomic mass is 9.76. The van der Waals surface area contributed by atoms with E-state index in [1.165, 1.54) is 83.5 Å². The van der Waals surface area contributed by atoms with Gasteiger partial charge in [-0.2, -0.15) is 0 Å². The number of carbonyl (C=O) groups is 5. The Morgan fingerprint density at radius 2 is 1.05 bits per heavy atom. The fraction of sp³-hybridized carbons (Fsp3) is 0.828. The van der Waals surface area contributed by atoms with Crippen molar-refractivity contribution < 1.29 is 59.3 Å². The number of Topliss-reactive ketones (excluding diaryl/α,β-unsaturated/α-hetero) is 2. The Bertz CT molecular complexity index is 752. The van der Waals surface area contributed by atoms with Gasteiger partial charge in [0.1, 0.15) is 6.10 Å². The molecule has 0 aromatic carbocycles. The minimum Gasteiger partial charge on any atom is -0.481 e. The molecule has 0 aromatic rings. The molecule has 0 saturated carbocycles. The topological polar surface area (TPSA) is 216 Å². The molecule has 41 heavy (non-hydrogen) atoms. The smallest absolute Gasteiger partial charge is 0.348 e. The van der Waals surface area contributed by atoms with Gasteiger partial charge in [-0.05, 0) is 20.3 Å². The third-order valence-corrected chi connectivity index (χ3v) is 6.82. The van der Waals surface area contributed by atoms with Crippen molar-refractivity contribution in [2.45, 2.75) is 141 Å². The largest absolute Gasteiger partial charge is 0.481 e. The van der Waals surface area contributed by atoms with Gasteiger partial charge >= 0.3 is 17.9 Å². The molecular formula is C29H52O12. The third-order valence-electron chi connectivity index (χ3n) is 6.82. The number of ketones is 2. The van der Waals surface area contributed by atoms with Gasteiger partial charge in [0, 0.05) is 6.42 Å². The molecule has 0 aliphatic rings. The lowest BCUT2D eigenvalue weighted by Gasteiger charge is -2.37. The van der Waals surface area contributed by atoms with Crippen LogP contribution in [-0.2, 0) is 28.7 Å². The maximum absolute atomic E-state index is 11.6. The molecular weight excluding hydrogens is 540 g/mol. The highest BCUT2D eigenvalue weighted by molar-refractivity contribution is 6.21. The van der Waals surface area contributed by atoms with Gasteiger partial charge in [-0.1, -0.05) is 96.8 Å². The Hall–Kier alpha value is -2.41. The van der Waals surface area contributed by atoms with E-state index in [4.69, 9.17) is 25.5 Å². The van der Waals surface area contributed by atoms with E-state index in [2.05, 4.69) is 11.7 Å². The Morgan fingerprint density at radius 1 is 0.659 bits per heavy atom. The van der Waals surface area contributed by atoms with Crippen LogP contribution in [0, 0.1) is 0 Å². The fourth-order valence-electron chi connectivity index (χ4n) is 4.30. The molecule has 6 N–H and O–H groups in total. The molecule has 0 saturated heterocycles. The van der Waals surface area contributed by atoms with Gasteiger partial charge in [0.05, 0.1) is 13.2 Å². The summed E-state index contributed by atoms with van der Waals surface area (Å²) in [4.78, 5) is 55.9. The van der Waals surface area contributed by atoms with Crippen LogP contribution in [0.25, 0.3) is 0 Å². The molecule has 3 unspecified atom stereocenters. The molecule has 12 heteroatoms. The first-order chi connectivity index (χ1) is 19.2. The lowest BCUT2D eigenvalue weighted by molar-refractivity contribution is -0.219. The Balaban J connectivity index is 0. The monoisotopic (exact) mass is 592 g/mol. The van der Waals surface area contributed by atoms with E-state index in [1.54, 1.807) is 0 Å². The molecule has 0 rings (SSSR count). The summed E-state index contributed by atoms with van der Waals surface area (Å²) in [6, 6.07) is 0. The third kappa shape index (κ3) is 15.4. The van der Waals surface area contributed by atoms with Crippen LogP contribution in [0.5, 0.6) is 0 Å². The number of carboxylic acid groups (broad SMARTS) is 3. The SMILES string of the molecule is CC(=O)C(O)(C(=O)O)C(OCC(O)CO)(C(C)=O)C(=O)O.CCCCCCCCCCCCCCCCCC(=O)O. The second-order valence-corrected chi connectivity index (χ2v) is 10.4. The summed E-state index contributed by atoms with van der Waals surface area (Å²) in [6.45, 7) is 1.58. The zero-order chi connectivity index (χ0) is 31.9. The van der Waals surface area contributed by atoms with Crippen LogP contribution in [-0.4, -0.2) is 90.6 Å². The summed E-state index contributed by atoms with van der Waals surface area (Å²) in [5, 5.41) is 54.4. The van der Waals surface area contributed by atoms with Crippen LogP contribution in [0.1, 0.15) is 124 Å². The van der Waals surface area contributed by atoms with E-state index in [0.717, 1.165) is 12.8 Å². The van der Waals surface area contributed by atoms with Gasteiger partial charge in [0.2, 0.25) is 0 Å². The molecule has 0 amide bonds. The minimum absolute atomic E-state index is 0.345. The molecule has 240 valence electrons. The molecule has 0 aliphatic heterocycles. The second-order valence-electron chi connectivity index (χ2n) is 10.4. The average Bonchev–Trinajstić information content (AvgIpc) is 2.90. The van der Waals surface area contributed by atoms with E-state index in [-0.39, 0.29) is 0 Å². The number of carbonyl (C=O) groups excluding carboxylic acids is 2. The summed E-state index contributed by atoms with van der Waals surface area (Å²) in [5.41, 5.74) is -7.15. The number of rotatable bonds is 25. The molecule has 0 aromatic heterocycles. The van der Waals surface area contributed by atoms with Crippen molar-refractivity contribution in [1.82, 2.24) is 0 Å². The van der Waals surface area contributed by atoms with Crippen molar-refractivity contribution in [3.05, 3.63) is 0 Å². The standard InChI is InChI=1S/C18H36O2.C11H16O10/c1-2-3-4-5-6-7-8-9-10-11-12-13-14-15-16-17-18(19)20;1-5(13)10(20,8(16)17)11(6(2)14,9(18)19)21-4-7(15)3-12/h2-17H2,1H3,(H,19,20);7,12,15,20H,3-4H2,1-2H3,(H,16,17)(H,18,19). The van der Waals surface area contributed by atoms with Gasteiger partial charge in [-0.3, -0.25) is 14.4 Å². The summed E-state index contributed by atoms with van der Waals surface area (Å²) >= 11 is 0. The number of unbranched alkanes of at least 4 members (excludes halogenated alkanes) is 14. The fourth-order valence-corrected chi connectivity index (χ4v) is 4.30. The normalized spacial score (nSPS) is 14.6. The Kier molecular flexibility index (Phi) is 23.0. The van der Waals surface area contributed by atoms with E-state index >= 15 is 0 Å². The molecule has 0 spiro atoms. The number of aliphatic hydroxyl groups is 3. The first-order valence-corrected chi connectivity index (χ1v) is 14.6. The zero-order valence-electron chi connectivity index (χ0n) is 24.9. The molecule has 0 radical (unpaired) electrons. The number of hydrogen-bond acceptors (Lipinski definition) is 9. The van der Waals surface area contributed by atoms with Crippen molar-refractivity contribution in [2.24, 2.45) is 0 Å². The molecule has 0 heterocycles. The van der Waals surface area contributed by atoms with Gasteiger partial charge in [-0.25, -0.2) is 9.59 Å². The molecule has 0 aliphatic carbocycles. The number of hydrogen-bond donors (Lipinski definition) is 6. The summed E-state index contributed by atoms with van der Waals surface area (Å²) in [7, 11) is 0. The highest BCUT2D eigenvalue weighted by atomic mass is 16.6. The van der Waals surface area contributed by atoms with Gasteiger partial charge in [0.25, 0.3) is 11.2 Å². The molecule has 12 nitrogen and oxygen atoms in total. The molecule has 0 fully saturated rings. The van der Waals surface area contributed by atoms with Gasteiger partial charge < -0.3 is 35.4 Å². The van der Waals surface area contributed by atoms with Crippen molar-refractivity contribution in [1.29, 1.82) is 0 Å². The Morgan fingerprint density at radius 3 is 1.32 bits per heavy atom. The summed E-state index contributed by atoms with van der Waals surface area (Å²) in [6.07, 6.45) is 18.6. The highest BCUT2D eigenvalue weighted by Crippen LogP contribution is 2.31. The zero-order valence-corrected chi connectivity index (χ0v) is 24.9. The van der Waals surface area contributed by atoms with E-state index in [0.29, 0.717) is 20.3 Å². The van der Waals surface area contributed by atoms with Crippen LogP contribution in [0.3, 0.4) is 0 Å². The van der Waals surface area contributed by atoms with Crippen LogP contribution in [0.4, 0.5) is 0 Å². The number of aliphatic carboxylic acids is 3. The van der Waals surface area contributed by atoms with Gasteiger partial charge in [0.15, 0.2) is 11.6 Å². The predicted molar refractivity (Wildman–Crippen MR) is 151 cm³/mol. The number of aliphatic hydroxyl groups excluding tert-OH is 2. The van der Waals surface area contributed by atoms with E-state index in [9.17, 15) is 29.1 Å². The first-order valence-electron chi connectivity index (χ1n) is 14.6. The highest BCUT2D eigenvalue weighted by Gasteiger charge is 2.69. The Labute approximate surface area is 243 Å². The quantitative estimate of drug-likeness (QED) is 0.0663. The second kappa shape index (κ2) is 23.2. The van der Waals surface area contributed by atoms with Crippen LogP contribution in [0.2, 0.25) is 0 Å². The minimum atomic E-state index is -3.69. The predicted octanol–water partition coefficient (Wildman–Crippen LogP) is 3.51. The maximum Gasteiger partial charge on any atom is 0.348 e. The summed E-state index contributed by atoms with van der Waals surface area (Å²) in [5.74, 6) is -8.20. The number of carboxylic acids is 3. The van der Waals surface area contributed by atoms with Gasteiger partial charge in [-0.15, -0.1) is 0 Å². The maximum atomic E-state index is 11.6. The van der Waals surface area contributed by atoms with Crippen LogP contribution < -0.4 is 0 Å². The summed E-state index contributed by atoms with van der Waals surface area (Å²) < 4.78 is 4.58. The lowest BCUT2D eigenvalue weighted by Crippen LogP contribution is -2.72. The number of ether oxygens (including phenoxy) is 1.